The lowest BCUT2D eigenvalue weighted by molar-refractivity contribution is -0.125. The highest BCUT2D eigenvalue weighted by molar-refractivity contribution is 7.90. The molecule has 1 rings (SSSR count). The van der Waals surface area contributed by atoms with E-state index in [0.29, 0.717) is 19.4 Å². The van der Waals surface area contributed by atoms with Gasteiger partial charge in [-0.05, 0) is 19.3 Å². The second kappa shape index (κ2) is 9.94. The summed E-state index contributed by atoms with van der Waals surface area (Å²) in [6, 6.07) is -0.499. The van der Waals surface area contributed by atoms with E-state index >= 15 is 0 Å². The fraction of sp³-hybridized carbons (Fsp3) is 0.867. The molecule has 6 nitrogen and oxygen atoms in total. The number of rotatable bonds is 11. The zero-order chi connectivity index (χ0) is 16.4. The molecule has 0 bridgehead atoms. The number of ketones is 1. The molecule has 0 aliphatic heterocycles. The Morgan fingerprint density at radius 1 is 1.18 bits per heavy atom. The number of Topliss-reactive ketones (excluding diaryl/α,β-unsaturated/α-hetero) is 1. The Balaban J connectivity index is 2.17. The maximum absolute atomic E-state index is 11.8. The molecule has 1 atom stereocenters. The molecular weight excluding hydrogens is 304 g/mol. The molecule has 7 heteroatoms. The number of hydrogen-bond donors (Lipinski definition) is 2. The van der Waals surface area contributed by atoms with E-state index in [1.165, 1.54) is 19.3 Å². The van der Waals surface area contributed by atoms with Crippen LogP contribution < -0.4 is 10.0 Å². The fourth-order valence-electron chi connectivity index (χ4n) is 2.56. The summed E-state index contributed by atoms with van der Waals surface area (Å²) >= 11 is 0. The van der Waals surface area contributed by atoms with Crippen LogP contribution in [0, 0.1) is 0 Å². The molecule has 1 aliphatic rings. The highest BCUT2D eigenvalue weighted by atomic mass is 32.2. The average Bonchev–Trinajstić information content (AvgIpc) is 2.82. The SMILES string of the molecule is CCCCCCCCNS(=O)(=O)CC(=O)NC1CCCC1=O. The third-order valence-electron chi connectivity index (χ3n) is 3.81. The zero-order valence-corrected chi connectivity index (χ0v) is 14.2. The number of carbonyl (C=O) groups excluding carboxylic acids is 2. The summed E-state index contributed by atoms with van der Waals surface area (Å²) in [6.07, 6.45) is 8.30. The quantitative estimate of drug-likeness (QED) is 0.561. The lowest BCUT2D eigenvalue weighted by Gasteiger charge is -2.11. The van der Waals surface area contributed by atoms with Gasteiger partial charge in [0.25, 0.3) is 0 Å². The molecule has 1 fully saturated rings. The first kappa shape index (κ1) is 19.1. The van der Waals surface area contributed by atoms with Gasteiger partial charge in [-0.3, -0.25) is 9.59 Å². The van der Waals surface area contributed by atoms with Crippen LogP contribution in [0.2, 0.25) is 0 Å². The Morgan fingerprint density at radius 3 is 2.50 bits per heavy atom. The van der Waals surface area contributed by atoms with Gasteiger partial charge < -0.3 is 5.32 Å². The largest absolute Gasteiger partial charge is 0.345 e. The lowest BCUT2D eigenvalue weighted by Crippen LogP contribution is -2.43. The van der Waals surface area contributed by atoms with Crippen molar-refractivity contribution in [2.24, 2.45) is 0 Å². The minimum absolute atomic E-state index is 0.00853. The van der Waals surface area contributed by atoms with Crippen molar-refractivity contribution in [3.63, 3.8) is 0 Å². The van der Waals surface area contributed by atoms with Gasteiger partial charge in [0, 0.05) is 13.0 Å². The van der Waals surface area contributed by atoms with E-state index in [1.807, 2.05) is 0 Å². The molecule has 1 unspecified atom stereocenters. The molecule has 0 aromatic heterocycles. The summed E-state index contributed by atoms with van der Waals surface area (Å²) in [4.78, 5) is 23.1. The Hall–Kier alpha value is -0.950. The third kappa shape index (κ3) is 7.89. The molecule has 0 aromatic rings. The van der Waals surface area contributed by atoms with E-state index in [1.54, 1.807) is 0 Å². The normalized spacial score (nSPS) is 18.6. The van der Waals surface area contributed by atoms with Crippen molar-refractivity contribution < 1.29 is 18.0 Å². The van der Waals surface area contributed by atoms with E-state index in [-0.39, 0.29) is 5.78 Å². The van der Waals surface area contributed by atoms with Crippen LogP contribution in [0.25, 0.3) is 0 Å². The molecule has 1 aliphatic carbocycles. The summed E-state index contributed by atoms with van der Waals surface area (Å²) in [5.74, 6) is -1.21. The average molecular weight is 332 g/mol. The van der Waals surface area contributed by atoms with Gasteiger partial charge in [-0.1, -0.05) is 39.0 Å². The number of hydrogen-bond acceptors (Lipinski definition) is 4. The van der Waals surface area contributed by atoms with Crippen LogP contribution in [0.3, 0.4) is 0 Å². The van der Waals surface area contributed by atoms with Gasteiger partial charge in [0.2, 0.25) is 15.9 Å². The molecule has 128 valence electrons. The van der Waals surface area contributed by atoms with Gasteiger partial charge >= 0.3 is 0 Å². The highest BCUT2D eigenvalue weighted by Crippen LogP contribution is 2.14. The van der Waals surface area contributed by atoms with Crippen LogP contribution in [0.4, 0.5) is 0 Å². The zero-order valence-electron chi connectivity index (χ0n) is 13.4. The van der Waals surface area contributed by atoms with E-state index < -0.39 is 27.7 Å². The van der Waals surface area contributed by atoms with Crippen LogP contribution in [-0.2, 0) is 19.6 Å². The molecule has 1 amide bonds. The van der Waals surface area contributed by atoms with Gasteiger partial charge in [0.05, 0.1) is 6.04 Å². The van der Waals surface area contributed by atoms with Crippen molar-refractivity contribution in [3.05, 3.63) is 0 Å². The number of unbranched alkanes of at least 4 members (excludes halogenated alkanes) is 5. The molecule has 2 N–H and O–H groups in total. The molecule has 0 spiro atoms. The van der Waals surface area contributed by atoms with Crippen molar-refractivity contribution in [2.75, 3.05) is 12.3 Å². The van der Waals surface area contributed by atoms with Crippen molar-refractivity contribution in [2.45, 2.75) is 70.8 Å². The first-order valence-electron chi connectivity index (χ1n) is 8.24. The Kier molecular flexibility index (Phi) is 8.63. The first-order valence-corrected chi connectivity index (χ1v) is 9.89. The third-order valence-corrected chi connectivity index (χ3v) is 5.10. The predicted molar refractivity (Wildman–Crippen MR) is 86.0 cm³/mol. The van der Waals surface area contributed by atoms with Crippen LogP contribution in [0.5, 0.6) is 0 Å². The molecule has 1 saturated carbocycles. The molecule has 0 radical (unpaired) electrons. The van der Waals surface area contributed by atoms with Crippen LogP contribution in [0.15, 0.2) is 0 Å². The highest BCUT2D eigenvalue weighted by Gasteiger charge is 2.27. The summed E-state index contributed by atoms with van der Waals surface area (Å²) in [7, 11) is -3.61. The van der Waals surface area contributed by atoms with Crippen molar-refractivity contribution in [1.29, 1.82) is 0 Å². The Labute approximate surface area is 133 Å². The maximum atomic E-state index is 11.8. The topological polar surface area (TPSA) is 92.3 Å². The van der Waals surface area contributed by atoms with Crippen molar-refractivity contribution in [3.8, 4) is 0 Å². The summed E-state index contributed by atoms with van der Waals surface area (Å²) in [5, 5.41) is 2.50. The van der Waals surface area contributed by atoms with Gasteiger partial charge in [-0.2, -0.15) is 0 Å². The number of sulfonamides is 1. The molecule has 0 aromatic carbocycles. The Bertz CT molecular complexity index is 462. The second-order valence-corrected chi connectivity index (χ2v) is 7.71. The summed E-state index contributed by atoms with van der Waals surface area (Å²) in [6.45, 7) is 2.52. The smallest absolute Gasteiger partial charge is 0.237 e. The summed E-state index contributed by atoms with van der Waals surface area (Å²) < 4.78 is 26.0. The monoisotopic (exact) mass is 332 g/mol. The molecule has 0 heterocycles. The van der Waals surface area contributed by atoms with Crippen LogP contribution in [0.1, 0.15) is 64.7 Å². The van der Waals surface area contributed by atoms with E-state index in [0.717, 1.165) is 25.7 Å². The first-order chi connectivity index (χ1) is 10.4. The van der Waals surface area contributed by atoms with E-state index in [9.17, 15) is 18.0 Å². The predicted octanol–water partition coefficient (Wildman–Crippen LogP) is 1.50. The van der Waals surface area contributed by atoms with Crippen molar-refractivity contribution >= 4 is 21.7 Å². The van der Waals surface area contributed by atoms with Gasteiger partial charge in [-0.15, -0.1) is 0 Å². The number of carbonyl (C=O) groups is 2. The molecule has 0 saturated heterocycles. The number of nitrogens with one attached hydrogen (secondary N) is 2. The second-order valence-electron chi connectivity index (χ2n) is 5.90. The maximum Gasteiger partial charge on any atom is 0.237 e. The van der Waals surface area contributed by atoms with E-state index in [4.69, 9.17) is 0 Å². The molecular formula is C15H28N2O4S. The number of amides is 1. The summed E-state index contributed by atoms with van der Waals surface area (Å²) in [5.41, 5.74) is 0. The van der Waals surface area contributed by atoms with Crippen LogP contribution >= 0.6 is 0 Å². The van der Waals surface area contributed by atoms with E-state index in [2.05, 4.69) is 17.0 Å². The van der Waals surface area contributed by atoms with Crippen molar-refractivity contribution in [1.82, 2.24) is 10.0 Å². The van der Waals surface area contributed by atoms with Gasteiger partial charge in [-0.25, -0.2) is 13.1 Å². The van der Waals surface area contributed by atoms with Crippen LogP contribution in [-0.4, -0.2) is 38.4 Å². The van der Waals surface area contributed by atoms with Gasteiger partial charge in [0.1, 0.15) is 5.75 Å². The van der Waals surface area contributed by atoms with Gasteiger partial charge in [0.15, 0.2) is 5.78 Å². The molecule has 22 heavy (non-hydrogen) atoms. The standard InChI is InChI=1S/C15H28N2O4S/c1-2-3-4-5-6-7-11-16-22(20,21)12-15(19)17-13-9-8-10-14(13)18/h13,16H,2-12H2,1H3,(H,17,19). The minimum atomic E-state index is -3.61. The minimum Gasteiger partial charge on any atom is -0.345 e. The fourth-order valence-corrected chi connectivity index (χ4v) is 3.55. The Morgan fingerprint density at radius 2 is 1.86 bits per heavy atom. The lowest BCUT2D eigenvalue weighted by atomic mass is 10.1.